The smallest absolute Gasteiger partial charge is 0.335 e. The molecule has 16 heavy (non-hydrogen) atoms. The number of carbonyl (C=O) groups is 1. The van der Waals surface area contributed by atoms with Crippen molar-refractivity contribution in [3.05, 3.63) is 23.8 Å². The molecule has 0 bridgehead atoms. The Kier molecular flexibility index (Phi) is 4.10. The third-order valence-electron chi connectivity index (χ3n) is 1.98. The third kappa shape index (κ3) is 3.11. The first-order chi connectivity index (χ1) is 7.54. The molecule has 0 aliphatic rings. The molecule has 0 heterocycles. The van der Waals surface area contributed by atoms with Crippen LogP contribution < -0.4 is 5.32 Å². The normalized spacial score (nSPS) is 12.1. The quantitative estimate of drug-likeness (QED) is 0.448. The SMILES string of the molecule is O=C(O)c1ccc(NCC(O)CO)c(O)c1. The lowest BCUT2D eigenvalue weighted by molar-refractivity contribution is 0.0696. The second-order valence-corrected chi connectivity index (χ2v) is 3.25. The standard InChI is InChI=1S/C10H13NO5/c12-5-7(13)4-11-8-2-1-6(10(15)16)3-9(8)14/h1-3,7,11-14H,4-5H2,(H,15,16). The van der Waals surface area contributed by atoms with Crippen LogP contribution in [-0.2, 0) is 0 Å². The van der Waals surface area contributed by atoms with Crippen molar-refractivity contribution in [3.8, 4) is 5.75 Å². The average Bonchev–Trinajstić information content (AvgIpc) is 2.26. The van der Waals surface area contributed by atoms with Gasteiger partial charge >= 0.3 is 5.97 Å². The molecule has 0 aromatic heterocycles. The summed E-state index contributed by atoms with van der Waals surface area (Å²) < 4.78 is 0. The first kappa shape index (κ1) is 12.3. The zero-order chi connectivity index (χ0) is 12.1. The molecule has 1 aromatic carbocycles. The number of anilines is 1. The van der Waals surface area contributed by atoms with Crippen LogP contribution in [0.1, 0.15) is 10.4 Å². The lowest BCUT2D eigenvalue weighted by Gasteiger charge is -2.11. The Hall–Kier alpha value is -1.79. The molecular formula is C10H13NO5. The third-order valence-corrected chi connectivity index (χ3v) is 1.98. The predicted octanol–water partition coefficient (Wildman–Crippen LogP) is -0.145. The Balaban J connectivity index is 2.72. The number of phenols is 1. The van der Waals surface area contributed by atoms with Crippen LogP contribution in [0.2, 0.25) is 0 Å². The molecular weight excluding hydrogens is 214 g/mol. The second-order valence-electron chi connectivity index (χ2n) is 3.25. The molecule has 1 aromatic rings. The van der Waals surface area contributed by atoms with E-state index in [4.69, 9.17) is 15.3 Å². The van der Waals surface area contributed by atoms with E-state index in [-0.39, 0.29) is 24.5 Å². The van der Waals surface area contributed by atoms with Gasteiger partial charge in [0, 0.05) is 6.54 Å². The van der Waals surface area contributed by atoms with Gasteiger partial charge in [0.2, 0.25) is 0 Å². The number of hydrogen-bond acceptors (Lipinski definition) is 5. The summed E-state index contributed by atoms with van der Waals surface area (Å²) in [6.45, 7) is -0.322. The topological polar surface area (TPSA) is 110 Å². The van der Waals surface area contributed by atoms with E-state index < -0.39 is 12.1 Å². The Labute approximate surface area is 91.8 Å². The number of carboxylic acid groups (broad SMARTS) is 1. The number of aliphatic hydroxyl groups excluding tert-OH is 2. The van der Waals surface area contributed by atoms with Crippen LogP contribution in [0.15, 0.2) is 18.2 Å². The van der Waals surface area contributed by atoms with E-state index >= 15 is 0 Å². The van der Waals surface area contributed by atoms with Crippen LogP contribution in [0.25, 0.3) is 0 Å². The molecule has 1 unspecified atom stereocenters. The summed E-state index contributed by atoms with van der Waals surface area (Å²) in [5.74, 6) is -1.35. The summed E-state index contributed by atoms with van der Waals surface area (Å²) in [7, 11) is 0. The molecule has 6 heteroatoms. The number of benzene rings is 1. The van der Waals surface area contributed by atoms with Gasteiger partial charge in [-0.25, -0.2) is 4.79 Å². The zero-order valence-corrected chi connectivity index (χ0v) is 8.42. The fraction of sp³-hybridized carbons (Fsp3) is 0.300. The molecule has 1 rings (SSSR count). The van der Waals surface area contributed by atoms with E-state index in [1.807, 2.05) is 0 Å². The Morgan fingerprint density at radius 2 is 2.12 bits per heavy atom. The molecule has 0 aliphatic heterocycles. The Bertz CT molecular complexity index is 379. The minimum Gasteiger partial charge on any atom is -0.506 e. The molecule has 6 nitrogen and oxygen atoms in total. The summed E-state index contributed by atoms with van der Waals surface area (Å²) in [4.78, 5) is 10.6. The number of rotatable bonds is 5. The van der Waals surface area contributed by atoms with Gasteiger partial charge in [0.1, 0.15) is 5.75 Å². The van der Waals surface area contributed by atoms with Gasteiger partial charge in [-0.15, -0.1) is 0 Å². The van der Waals surface area contributed by atoms with E-state index in [1.54, 1.807) is 0 Å². The van der Waals surface area contributed by atoms with Crippen LogP contribution in [0.5, 0.6) is 5.75 Å². The fourth-order valence-corrected chi connectivity index (χ4v) is 1.11. The summed E-state index contributed by atoms with van der Waals surface area (Å²) in [5, 5.41) is 38.4. The summed E-state index contributed by atoms with van der Waals surface area (Å²) in [6.07, 6.45) is -0.932. The number of nitrogens with one attached hydrogen (secondary N) is 1. The van der Waals surface area contributed by atoms with Gasteiger partial charge < -0.3 is 25.7 Å². The van der Waals surface area contributed by atoms with Crippen LogP contribution in [0, 0.1) is 0 Å². The maximum absolute atomic E-state index is 10.6. The number of hydrogen-bond donors (Lipinski definition) is 5. The van der Waals surface area contributed by atoms with E-state index in [2.05, 4.69) is 5.32 Å². The molecule has 1 atom stereocenters. The Morgan fingerprint density at radius 1 is 1.44 bits per heavy atom. The number of aliphatic hydroxyl groups is 2. The van der Waals surface area contributed by atoms with Gasteiger partial charge in [-0.2, -0.15) is 0 Å². The van der Waals surface area contributed by atoms with E-state index in [0.717, 1.165) is 6.07 Å². The minimum atomic E-state index is -1.13. The average molecular weight is 227 g/mol. The number of phenolic OH excluding ortho intramolecular Hbond substituents is 1. The monoisotopic (exact) mass is 227 g/mol. The number of aromatic hydroxyl groups is 1. The molecule has 0 spiro atoms. The predicted molar refractivity (Wildman–Crippen MR) is 56.6 cm³/mol. The van der Waals surface area contributed by atoms with Crippen molar-refractivity contribution in [1.82, 2.24) is 0 Å². The molecule has 5 N–H and O–H groups in total. The molecule has 0 amide bonds. The van der Waals surface area contributed by atoms with E-state index in [0.29, 0.717) is 5.69 Å². The van der Waals surface area contributed by atoms with Gasteiger partial charge in [0.25, 0.3) is 0 Å². The highest BCUT2D eigenvalue weighted by Crippen LogP contribution is 2.24. The maximum atomic E-state index is 10.6. The fourth-order valence-electron chi connectivity index (χ4n) is 1.11. The van der Waals surface area contributed by atoms with Crippen molar-refractivity contribution in [2.45, 2.75) is 6.10 Å². The van der Waals surface area contributed by atoms with Crippen LogP contribution >= 0.6 is 0 Å². The Morgan fingerprint density at radius 3 is 2.62 bits per heavy atom. The first-order valence-electron chi connectivity index (χ1n) is 4.63. The lowest BCUT2D eigenvalue weighted by atomic mass is 10.2. The summed E-state index contributed by atoms with van der Waals surface area (Å²) in [6, 6.07) is 3.83. The molecule has 0 saturated carbocycles. The van der Waals surface area contributed by atoms with Gasteiger partial charge in [-0.05, 0) is 18.2 Å². The molecule has 0 aliphatic carbocycles. The van der Waals surface area contributed by atoms with Gasteiger partial charge in [0.15, 0.2) is 0 Å². The van der Waals surface area contributed by atoms with Gasteiger partial charge in [0.05, 0.1) is 24.0 Å². The van der Waals surface area contributed by atoms with Crippen LogP contribution in [0.3, 0.4) is 0 Å². The largest absolute Gasteiger partial charge is 0.506 e. The highest BCUT2D eigenvalue weighted by Gasteiger charge is 2.08. The van der Waals surface area contributed by atoms with Crippen molar-refractivity contribution >= 4 is 11.7 Å². The lowest BCUT2D eigenvalue weighted by Crippen LogP contribution is -2.22. The maximum Gasteiger partial charge on any atom is 0.335 e. The van der Waals surface area contributed by atoms with Crippen molar-refractivity contribution in [2.24, 2.45) is 0 Å². The second kappa shape index (κ2) is 5.34. The molecule has 0 fully saturated rings. The van der Waals surface area contributed by atoms with Crippen LogP contribution in [0.4, 0.5) is 5.69 Å². The highest BCUT2D eigenvalue weighted by molar-refractivity contribution is 5.89. The van der Waals surface area contributed by atoms with Crippen molar-refractivity contribution in [2.75, 3.05) is 18.5 Å². The van der Waals surface area contributed by atoms with Crippen molar-refractivity contribution in [3.63, 3.8) is 0 Å². The van der Waals surface area contributed by atoms with Gasteiger partial charge in [-0.1, -0.05) is 0 Å². The molecule has 88 valence electrons. The van der Waals surface area contributed by atoms with Crippen molar-refractivity contribution < 1.29 is 25.2 Å². The van der Waals surface area contributed by atoms with Crippen molar-refractivity contribution in [1.29, 1.82) is 0 Å². The minimum absolute atomic E-state index is 0.0224. The zero-order valence-electron chi connectivity index (χ0n) is 8.42. The van der Waals surface area contributed by atoms with Crippen LogP contribution in [-0.4, -0.2) is 45.7 Å². The number of carboxylic acids is 1. The molecule has 0 saturated heterocycles. The number of aromatic carboxylic acids is 1. The summed E-state index contributed by atoms with van der Waals surface area (Å²) >= 11 is 0. The van der Waals surface area contributed by atoms with E-state index in [9.17, 15) is 9.90 Å². The van der Waals surface area contributed by atoms with Gasteiger partial charge in [-0.3, -0.25) is 0 Å². The summed E-state index contributed by atoms with van der Waals surface area (Å²) in [5.41, 5.74) is 0.281. The first-order valence-corrected chi connectivity index (χ1v) is 4.63. The van der Waals surface area contributed by atoms with E-state index in [1.165, 1.54) is 12.1 Å². The molecule has 0 radical (unpaired) electrons. The highest BCUT2D eigenvalue weighted by atomic mass is 16.4.